The molecule has 1 aliphatic heterocycles. The van der Waals surface area contributed by atoms with Gasteiger partial charge in [-0.25, -0.2) is 0 Å². The molecule has 1 aromatic rings. The Balaban J connectivity index is 1.96. The second-order valence-electron chi connectivity index (χ2n) is 7.19. The van der Waals surface area contributed by atoms with Crippen LogP contribution in [0.2, 0.25) is 0 Å². The Morgan fingerprint density at radius 1 is 1.44 bits per heavy atom. The number of hydrogen-bond donors (Lipinski definition) is 1. The molecule has 2 heterocycles. The fourth-order valence-electron chi connectivity index (χ4n) is 3.67. The van der Waals surface area contributed by atoms with E-state index in [1.807, 2.05) is 41.3 Å². The zero-order valence-electron chi connectivity index (χ0n) is 16.3. The molecule has 0 aromatic carbocycles. The molecule has 150 valence electrons. The van der Waals surface area contributed by atoms with E-state index in [1.54, 1.807) is 17.4 Å². The van der Waals surface area contributed by atoms with E-state index in [2.05, 4.69) is 11.5 Å². The number of likely N-dealkylation sites (N-methyl/N-ethyl adjacent to an activating group) is 1. The van der Waals surface area contributed by atoms with E-state index in [0.717, 1.165) is 32.4 Å². The number of carbonyl (C=O) groups excluding carboxylic acids is 1. The topological polar surface area (TPSA) is 64.1 Å². The molecule has 7 heteroatoms. The van der Waals surface area contributed by atoms with Crippen LogP contribution in [0.4, 0.5) is 0 Å². The number of rotatable bonds is 9. The van der Waals surface area contributed by atoms with Crippen LogP contribution in [0, 0.1) is 0 Å². The molecule has 0 radical (unpaired) electrons. The summed E-state index contributed by atoms with van der Waals surface area (Å²) in [5.41, 5.74) is 0. The smallest absolute Gasteiger partial charge is 0.317 e. The summed E-state index contributed by atoms with van der Waals surface area (Å²) in [6.45, 7) is 8.67. The van der Waals surface area contributed by atoms with Crippen molar-refractivity contribution in [2.45, 2.75) is 44.8 Å². The SMILES string of the molecule is C=CCN(Cc1cccs1)C(=O)C(C)N1CCCC(N(C)CC(=O)O)CC1. The highest BCUT2D eigenvalue weighted by Crippen LogP contribution is 2.19. The monoisotopic (exact) mass is 393 g/mol. The van der Waals surface area contributed by atoms with Crippen molar-refractivity contribution in [3.8, 4) is 0 Å². The van der Waals surface area contributed by atoms with E-state index in [1.165, 1.54) is 4.88 Å². The fourth-order valence-corrected chi connectivity index (χ4v) is 4.39. The van der Waals surface area contributed by atoms with Gasteiger partial charge in [0.2, 0.25) is 5.91 Å². The minimum atomic E-state index is -0.796. The van der Waals surface area contributed by atoms with Crippen molar-refractivity contribution < 1.29 is 14.7 Å². The molecule has 1 aromatic heterocycles. The molecular formula is C20H31N3O3S. The summed E-state index contributed by atoms with van der Waals surface area (Å²) in [5.74, 6) is -0.670. The maximum Gasteiger partial charge on any atom is 0.317 e. The van der Waals surface area contributed by atoms with Gasteiger partial charge < -0.3 is 10.0 Å². The Labute approximate surface area is 166 Å². The van der Waals surface area contributed by atoms with Crippen LogP contribution < -0.4 is 0 Å². The molecule has 2 rings (SSSR count). The number of carbonyl (C=O) groups is 2. The van der Waals surface area contributed by atoms with Crippen molar-refractivity contribution in [2.75, 3.05) is 33.2 Å². The molecule has 0 spiro atoms. The molecule has 1 amide bonds. The van der Waals surface area contributed by atoms with Gasteiger partial charge in [-0.3, -0.25) is 19.4 Å². The number of thiophene rings is 1. The van der Waals surface area contributed by atoms with Crippen LogP contribution in [0.5, 0.6) is 0 Å². The van der Waals surface area contributed by atoms with Crippen molar-refractivity contribution in [2.24, 2.45) is 0 Å². The quantitative estimate of drug-likeness (QED) is 0.653. The lowest BCUT2D eigenvalue weighted by Crippen LogP contribution is -2.47. The number of nitrogens with zero attached hydrogens (tertiary/aromatic N) is 3. The van der Waals surface area contributed by atoms with Crippen LogP contribution in [0.15, 0.2) is 30.2 Å². The summed E-state index contributed by atoms with van der Waals surface area (Å²) < 4.78 is 0. The van der Waals surface area contributed by atoms with Crippen LogP contribution in [0.1, 0.15) is 31.1 Å². The van der Waals surface area contributed by atoms with Crippen molar-refractivity contribution >= 4 is 23.2 Å². The Morgan fingerprint density at radius 2 is 2.22 bits per heavy atom. The first-order valence-corrected chi connectivity index (χ1v) is 10.4. The highest BCUT2D eigenvalue weighted by molar-refractivity contribution is 7.09. The lowest BCUT2D eigenvalue weighted by atomic mass is 10.1. The van der Waals surface area contributed by atoms with E-state index >= 15 is 0 Å². The van der Waals surface area contributed by atoms with Crippen LogP contribution >= 0.6 is 11.3 Å². The molecule has 0 bridgehead atoms. The number of likely N-dealkylation sites (tertiary alicyclic amines) is 1. The minimum Gasteiger partial charge on any atom is -0.480 e. The predicted octanol–water partition coefficient (Wildman–Crippen LogP) is 2.52. The average molecular weight is 394 g/mol. The molecule has 0 aliphatic carbocycles. The lowest BCUT2D eigenvalue weighted by molar-refractivity contribution is -0.138. The summed E-state index contributed by atoms with van der Waals surface area (Å²) in [6.07, 6.45) is 4.59. The van der Waals surface area contributed by atoms with Gasteiger partial charge in [-0.2, -0.15) is 0 Å². The van der Waals surface area contributed by atoms with Crippen LogP contribution in [0.25, 0.3) is 0 Å². The van der Waals surface area contributed by atoms with Crippen LogP contribution in [-0.2, 0) is 16.1 Å². The second-order valence-corrected chi connectivity index (χ2v) is 8.22. The van der Waals surface area contributed by atoms with Gasteiger partial charge in [0.05, 0.1) is 19.1 Å². The molecule has 1 saturated heterocycles. The number of carboxylic acid groups (broad SMARTS) is 1. The van der Waals surface area contributed by atoms with Crippen molar-refractivity contribution in [3.05, 3.63) is 35.0 Å². The van der Waals surface area contributed by atoms with Crippen LogP contribution in [-0.4, -0.2) is 77.0 Å². The first-order chi connectivity index (χ1) is 12.9. The summed E-state index contributed by atoms with van der Waals surface area (Å²) in [7, 11) is 1.87. The summed E-state index contributed by atoms with van der Waals surface area (Å²) >= 11 is 1.66. The van der Waals surface area contributed by atoms with Gasteiger partial charge in [-0.1, -0.05) is 12.1 Å². The first kappa shape index (κ1) is 21.6. The van der Waals surface area contributed by atoms with E-state index in [-0.39, 0.29) is 24.5 Å². The maximum absolute atomic E-state index is 13.1. The number of hydrogen-bond acceptors (Lipinski definition) is 5. The van der Waals surface area contributed by atoms with E-state index in [4.69, 9.17) is 5.11 Å². The normalized spacial score (nSPS) is 19.4. The standard InChI is InChI=1S/C20H31N3O3S/c1-4-10-23(14-18-8-6-13-27-18)20(26)16(2)22-11-5-7-17(9-12-22)21(3)15-19(24)25/h4,6,8,13,16-17H,1,5,7,9-12,14-15H2,2-3H3,(H,24,25). The Morgan fingerprint density at radius 3 is 2.85 bits per heavy atom. The van der Waals surface area contributed by atoms with E-state index < -0.39 is 5.97 Å². The second kappa shape index (κ2) is 10.6. The minimum absolute atomic E-state index is 0.0626. The van der Waals surface area contributed by atoms with Gasteiger partial charge in [-0.15, -0.1) is 17.9 Å². The van der Waals surface area contributed by atoms with Crippen molar-refractivity contribution in [3.63, 3.8) is 0 Å². The Bertz CT molecular complexity index is 620. The summed E-state index contributed by atoms with van der Waals surface area (Å²) in [6, 6.07) is 4.12. The van der Waals surface area contributed by atoms with Crippen molar-refractivity contribution in [1.29, 1.82) is 0 Å². The molecule has 6 nitrogen and oxygen atoms in total. The molecule has 1 fully saturated rings. The van der Waals surface area contributed by atoms with Gasteiger partial charge >= 0.3 is 5.97 Å². The number of amides is 1. The zero-order valence-corrected chi connectivity index (χ0v) is 17.2. The third-order valence-electron chi connectivity index (χ3n) is 5.23. The number of carboxylic acids is 1. The maximum atomic E-state index is 13.1. The Kier molecular flexibility index (Phi) is 8.47. The van der Waals surface area contributed by atoms with E-state index in [0.29, 0.717) is 13.1 Å². The summed E-state index contributed by atoms with van der Waals surface area (Å²) in [5, 5.41) is 11.0. The molecule has 2 unspecified atom stereocenters. The lowest BCUT2D eigenvalue weighted by Gasteiger charge is -2.32. The fraction of sp³-hybridized carbons (Fsp3) is 0.600. The van der Waals surface area contributed by atoms with Gasteiger partial charge in [0.1, 0.15) is 0 Å². The number of aliphatic carboxylic acids is 1. The predicted molar refractivity (Wildman–Crippen MR) is 109 cm³/mol. The molecule has 2 atom stereocenters. The van der Waals surface area contributed by atoms with Crippen molar-refractivity contribution in [1.82, 2.24) is 14.7 Å². The van der Waals surface area contributed by atoms with Gasteiger partial charge in [0.15, 0.2) is 0 Å². The van der Waals surface area contributed by atoms with Gasteiger partial charge in [0.25, 0.3) is 0 Å². The molecule has 0 saturated carbocycles. The van der Waals surface area contributed by atoms with Gasteiger partial charge in [-0.05, 0) is 51.2 Å². The third-order valence-corrected chi connectivity index (χ3v) is 6.09. The van der Waals surface area contributed by atoms with Gasteiger partial charge in [0, 0.05) is 24.0 Å². The molecule has 27 heavy (non-hydrogen) atoms. The molecule has 1 aliphatic rings. The average Bonchev–Trinajstić information content (AvgIpc) is 3.01. The molecular weight excluding hydrogens is 362 g/mol. The molecule has 1 N–H and O–H groups in total. The highest BCUT2D eigenvalue weighted by atomic mass is 32.1. The first-order valence-electron chi connectivity index (χ1n) is 9.50. The zero-order chi connectivity index (χ0) is 19.8. The Hall–Kier alpha value is -1.70. The third kappa shape index (κ3) is 6.45. The highest BCUT2D eigenvalue weighted by Gasteiger charge is 2.29. The van der Waals surface area contributed by atoms with Crippen LogP contribution in [0.3, 0.4) is 0 Å². The van der Waals surface area contributed by atoms with E-state index in [9.17, 15) is 9.59 Å². The largest absolute Gasteiger partial charge is 0.480 e. The summed E-state index contributed by atoms with van der Waals surface area (Å²) in [4.78, 5) is 31.2.